The lowest BCUT2D eigenvalue weighted by Gasteiger charge is -2.38. The molecule has 2 heterocycles. The zero-order valence-corrected chi connectivity index (χ0v) is 22.1. The average molecular weight is 517 g/mol. The third-order valence-corrected chi connectivity index (χ3v) is 7.77. The number of oxazole rings is 1. The molecule has 5 rings (SSSR count). The van der Waals surface area contributed by atoms with Gasteiger partial charge in [-0.25, -0.2) is 4.98 Å². The molecule has 1 fully saturated rings. The molecule has 1 aromatic heterocycles. The minimum absolute atomic E-state index is 0.0606. The van der Waals surface area contributed by atoms with E-state index >= 15 is 0 Å². The number of hydrogen-bond acceptors (Lipinski definition) is 5. The summed E-state index contributed by atoms with van der Waals surface area (Å²) in [6.45, 7) is 6.53. The zero-order chi connectivity index (χ0) is 25.8. The summed E-state index contributed by atoms with van der Waals surface area (Å²) in [5.74, 6) is 2.26. The number of aliphatic hydroxyl groups is 1. The monoisotopic (exact) mass is 516 g/mol. The van der Waals surface area contributed by atoms with Crippen molar-refractivity contribution in [1.29, 1.82) is 0 Å². The summed E-state index contributed by atoms with van der Waals surface area (Å²) in [6.07, 6.45) is 3.89. The van der Waals surface area contributed by atoms with E-state index in [0.717, 1.165) is 42.3 Å². The molecule has 1 N–H and O–H groups in total. The van der Waals surface area contributed by atoms with Gasteiger partial charge in [-0.15, -0.1) is 0 Å². The van der Waals surface area contributed by atoms with Gasteiger partial charge in [0.25, 0.3) is 0 Å². The van der Waals surface area contributed by atoms with Gasteiger partial charge in [0, 0.05) is 11.6 Å². The van der Waals surface area contributed by atoms with Crippen LogP contribution < -0.4 is 4.74 Å². The molecule has 0 aliphatic carbocycles. The zero-order valence-electron chi connectivity index (χ0n) is 21.3. The molecular formula is C31H33ClN2O3. The van der Waals surface area contributed by atoms with Gasteiger partial charge in [0.05, 0.1) is 12.7 Å². The van der Waals surface area contributed by atoms with Gasteiger partial charge in [0.15, 0.2) is 5.60 Å². The van der Waals surface area contributed by atoms with E-state index in [1.54, 1.807) is 6.20 Å². The van der Waals surface area contributed by atoms with Crippen LogP contribution in [0.15, 0.2) is 89.5 Å². The number of hydrogen-bond donors (Lipinski definition) is 1. The molecule has 2 atom stereocenters. The van der Waals surface area contributed by atoms with Gasteiger partial charge in [-0.3, -0.25) is 4.90 Å². The molecule has 5 nitrogen and oxygen atoms in total. The van der Waals surface area contributed by atoms with Gasteiger partial charge in [-0.05, 0) is 61.1 Å². The first-order chi connectivity index (χ1) is 18.0. The van der Waals surface area contributed by atoms with Crippen LogP contribution >= 0.6 is 11.6 Å². The minimum atomic E-state index is -1.48. The minimum Gasteiger partial charge on any atom is -0.489 e. The molecule has 192 valence electrons. The summed E-state index contributed by atoms with van der Waals surface area (Å²) >= 11 is 6.34. The average Bonchev–Trinajstić information content (AvgIpc) is 3.40. The number of benzene rings is 3. The van der Waals surface area contributed by atoms with Gasteiger partial charge in [-0.1, -0.05) is 85.3 Å². The summed E-state index contributed by atoms with van der Waals surface area (Å²) in [6, 6.07) is 25.0. The van der Waals surface area contributed by atoms with Crippen molar-refractivity contribution in [3.05, 3.63) is 118 Å². The molecule has 6 heteroatoms. The molecular weight excluding hydrogens is 484 g/mol. The lowest BCUT2D eigenvalue weighted by atomic mass is 9.86. The second kappa shape index (κ2) is 11.1. The fourth-order valence-corrected chi connectivity index (χ4v) is 5.31. The number of halogens is 1. The highest BCUT2D eigenvalue weighted by atomic mass is 35.5. The van der Waals surface area contributed by atoms with E-state index in [4.69, 9.17) is 20.8 Å². The number of rotatable bonds is 8. The van der Waals surface area contributed by atoms with E-state index < -0.39 is 5.60 Å². The quantitative estimate of drug-likeness (QED) is 0.286. The lowest BCUT2D eigenvalue weighted by molar-refractivity contribution is 0.0302. The highest BCUT2D eigenvalue weighted by molar-refractivity contribution is 6.31. The molecule has 2 unspecified atom stereocenters. The fourth-order valence-electron chi connectivity index (χ4n) is 5.14. The van der Waals surface area contributed by atoms with Crippen LogP contribution in [0.1, 0.15) is 48.1 Å². The van der Waals surface area contributed by atoms with E-state index in [1.165, 1.54) is 0 Å². The van der Waals surface area contributed by atoms with Crippen LogP contribution in [0.5, 0.6) is 5.75 Å². The summed E-state index contributed by atoms with van der Waals surface area (Å²) in [4.78, 5) is 6.89. The SMILES string of the molecule is CCC1CCN(Cc2cnc(C(O)(c3ccccc3)c3ccccc3)o2)CC1Oc1ccc(C)c(Cl)c1. The molecule has 1 saturated heterocycles. The van der Waals surface area contributed by atoms with Gasteiger partial charge in [0.2, 0.25) is 5.89 Å². The Hall–Kier alpha value is -3.12. The Kier molecular flexibility index (Phi) is 7.65. The third-order valence-electron chi connectivity index (χ3n) is 7.36. The Bertz CT molecular complexity index is 1270. The predicted octanol–water partition coefficient (Wildman–Crippen LogP) is 6.60. The summed E-state index contributed by atoms with van der Waals surface area (Å²) in [5.41, 5.74) is 0.984. The van der Waals surface area contributed by atoms with E-state index in [-0.39, 0.29) is 12.0 Å². The second-order valence-electron chi connectivity index (χ2n) is 9.83. The number of ether oxygens (including phenoxy) is 1. The summed E-state index contributed by atoms with van der Waals surface area (Å²) in [5, 5.41) is 12.7. The van der Waals surface area contributed by atoms with Gasteiger partial charge < -0.3 is 14.3 Å². The third kappa shape index (κ3) is 5.45. The normalized spacial score (nSPS) is 18.6. The molecule has 0 saturated carbocycles. The Morgan fingerprint density at radius 1 is 1.05 bits per heavy atom. The molecule has 1 aliphatic heterocycles. The Balaban J connectivity index is 1.35. The van der Waals surface area contributed by atoms with Gasteiger partial charge in [-0.2, -0.15) is 0 Å². The van der Waals surface area contributed by atoms with Gasteiger partial charge in [0.1, 0.15) is 17.6 Å². The van der Waals surface area contributed by atoms with E-state index in [1.807, 2.05) is 85.8 Å². The predicted molar refractivity (Wildman–Crippen MR) is 146 cm³/mol. The first-order valence-corrected chi connectivity index (χ1v) is 13.3. The Morgan fingerprint density at radius 3 is 2.35 bits per heavy atom. The van der Waals surface area contributed by atoms with Crippen molar-refractivity contribution in [3.8, 4) is 5.75 Å². The van der Waals surface area contributed by atoms with Crippen LogP contribution in [0.25, 0.3) is 0 Å². The molecule has 0 bridgehead atoms. The van der Waals surface area contributed by atoms with Crippen LogP contribution in [0.2, 0.25) is 5.02 Å². The van der Waals surface area contributed by atoms with Crippen LogP contribution in [0.4, 0.5) is 0 Å². The Morgan fingerprint density at radius 2 is 1.73 bits per heavy atom. The van der Waals surface area contributed by atoms with Crippen molar-refractivity contribution >= 4 is 11.6 Å². The van der Waals surface area contributed by atoms with Crippen molar-refractivity contribution in [2.24, 2.45) is 5.92 Å². The maximum atomic E-state index is 12.0. The summed E-state index contributed by atoms with van der Waals surface area (Å²) < 4.78 is 12.7. The highest BCUT2D eigenvalue weighted by Crippen LogP contribution is 2.36. The van der Waals surface area contributed by atoms with Crippen molar-refractivity contribution in [3.63, 3.8) is 0 Å². The number of aromatic nitrogens is 1. The second-order valence-corrected chi connectivity index (χ2v) is 10.2. The number of nitrogens with zero attached hydrogens (tertiary/aromatic N) is 2. The van der Waals surface area contributed by atoms with Crippen LogP contribution in [-0.2, 0) is 12.1 Å². The smallest absolute Gasteiger partial charge is 0.236 e. The first kappa shape index (κ1) is 25.5. The molecule has 0 spiro atoms. The maximum absolute atomic E-state index is 12.0. The van der Waals surface area contributed by atoms with E-state index in [0.29, 0.717) is 29.3 Å². The molecule has 1 aliphatic rings. The van der Waals surface area contributed by atoms with Crippen molar-refractivity contribution in [2.45, 2.75) is 44.9 Å². The molecule has 0 radical (unpaired) electrons. The highest BCUT2D eigenvalue weighted by Gasteiger charge is 2.39. The largest absolute Gasteiger partial charge is 0.489 e. The fraction of sp³-hybridized carbons (Fsp3) is 0.323. The summed E-state index contributed by atoms with van der Waals surface area (Å²) in [7, 11) is 0. The van der Waals surface area contributed by atoms with Crippen LogP contribution in [0, 0.1) is 12.8 Å². The van der Waals surface area contributed by atoms with Crippen molar-refractivity contribution in [1.82, 2.24) is 9.88 Å². The standard InChI is InChI=1S/C31H33ClN2O3/c1-3-23-16-17-34(21-29(23)36-26-15-14-22(2)28(32)18-26)20-27-19-33-30(37-27)31(35,24-10-6-4-7-11-24)25-12-8-5-9-13-25/h4-15,18-19,23,29,35H,3,16-17,20-21H2,1-2H3. The van der Waals surface area contributed by atoms with Crippen LogP contribution in [-0.4, -0.2) is 34.2 Å². The topological polar surface area (TPSA) is 58.7 Å². The molecule has 37 heavy (non-hydrogen) atoms. The van der Waals surface area contributed by atoms with Crippen molar-refractivity contribution < 1.29 is 14.3 Å². The number of likely N-dealkylation sites (tertiary alicyclic amines) is 1. The van der Waals surface area contributed by atoms with E-state index in [2.05, 4.69) is 16.8 Å². The first-order valence-electron chi connectivity index (χ1n) is 12.9. The molecule has 3 aromatic carbocycles. The Labute approximate surface area is 223 Å². The molecule has 4 aromatic rings. The van der Waals surface area contributed by atoms with Crippen LogP contribution in [0.3, 0.4) is 0 Å². The van der Waals surface area contributed by atoms with Gasteiger partial charge >= 0.3 is 0 Å². The lowest BCUT2D eigenvalue weighted by Crippen LogP contribution is -2.46. The maximum Gasteiger partial charge on any atom is 0.236 e. The van der Waals surface area contributed by atoms with E-state index in [9.17, 15) is 5.11 Å². The molecule has 0 amide bonds. The number of aryl methyl sites for hydroxylation is 1. The number of piperidine rings is 1. The van der Waals surface area contributed by atoms with Crippen molar-refractivity contribution in [2.75, 3.05) is 13.1 Å².